The van der Waals surface area contributed by atoms with Gasteiger partial charge in [0.2, 0.25) is 0 Å². The van der Waals surface area contributed by atoms with E-state index in [-0.39, 0.29) is 19.1 Å². The number of ether oxygens (including phenoxy) is 1. The first-order valence-corrected chi connectivity index (χ1v) is 5.03. The Hall–Kier alpha value is -1.10. The summed E-state index contributed by atoms with van der Waals surface area (Å²) < 4.78 is 4.82. The molecule has 5 heteroatoms. The third kappa shape index (κ3) is 6.06. The van der Waals surface area contributed by atoms with E-state index < -0.39 is 17.9 Å². The second kappa shape index (κ2) is 7.23. The Bertz CT molecular complexity index is 212. The molecule has 0 aromatic heterocycles. The molecule has 0 heterocycles. The lowest BCUT2D eigenvalue weighted by Gasteiger charge is -2.13. The van der Waals surface area contributed by atoms with Crippen LogP contribution in [0, 0.1) is 5.92 Å². The molecule has 88 valence electrons. The van der Waals surface area contributed by atoms with Gasteiger partial charge in [-0.3, -0.25) is 9.59 Å². The maximum atomic E-state index is 11.3. The Morgan fingerprint density at radius 3 is 2.27 bits per heavy atom. The number of hydrogen-bond donors (Lipinski definition) is 2. The fraction of sp³-hybridized carbons (Fsp3) is 0.800. The monoisotopic (exact) mass is 218 g/mol. The molecule has 0 spiro atoms. The van der Waals surface area contributed by atoms with Crippen molar-refractivity contribution in [3.05, 3.63) is 0 Å². The van der Waals surface area contributed by atoms with Gasteiger partial charge in [0.15, 0.2) is 5.92 Å². The van der Waals surface area contributed by atoms with Gasteiger partial charge in [0.25, 0.3) is 0 Å². The summed E-state index contributed by atoms with van der Waals surface area (Å²) in [7, 11) is 0. The summed E-state index contributed by atoms with van der Waals surface area (Å²) >= 11 is 0. The number of rotatable bonds is 7. The molecule has 0 aromatic rings. The maximum Gasteiger partial charge on any atom is 0.320 e. The first kappa shape index (κ1) is 13.9. The Kier molecular flexibility index (Phi) is 6.70. The van der Waals surface area contributed by atoms with E-state index in [0.717, 1.165) is 0 Å². The Morgan fingerprint density at radius 2 is 1.87 bits per heavy atom. The number of carboxylic acids is 1. The predicted octanol–water partition coefficient (Wildman–Crippen LogP) is 0.801. The summed E-state index contributed by atoms with van der Waals surface area (Å²) in [5.41, 5.74) is 0. The lowest BCUT2D eigenvalue weighted by molar-refractivity contribution is -0.161. The zero-order chi connectivity index (χ0) is 11.8. The minimum Gasteiger partial charge on any atom is -0.481 e. The van der Waals surface area contributed by atoms with E-state index in [0.29, 0.717) is 12.8 Å². The molecule has 2 N–H and O–H groups in total. The van der Waals surface area contributed by atoms with Gasteiger partial charge in [-0.15, -0.1) is 0 Å². The molecule has 0 fully saturated rings. The van der Waals surface area contributed by atoms with Crippen molar-refractivity contribution < 1.29 is 24.5 Å². The number of unbranched alkanes of at least 4 members (excludes halogenated alkanes) is 1. The summed E-state index contributed by atoms with van der Waals surface area (Å²) in [5.74, 6) is -2.98. The van der Waals surface area contributed by atoms with Crippen molar-refractivity contribution in [2.75, 3.05) is 6.61 Å². The van der Waals surface area contributed by atoms with Crippen molar-refractivity contribution in [3.63, 3.8) is 0 Å². The number of hydrogen-bond acceptors (Lipinski definition) is 4. The lowest BCUT2D eigenvalue weighted by atomic mass is 10.0. The molecule has 0 bridgehead atoms. The fourth-order valence-electron chi connectivity index (χ4n) is 1.12. The molecule has 1 atom stereocenters. The molecule has 5 nitrogen and oxygen atoms in total. The summed E-state index contributed by atoms with van der Waals surface area (Å²) in [6, 6.07) is 0. The molecule has 0 aromatic carbocycles. The van der Waals surface area contributed by atoms with Crippen molar-refractivity contribution >= 4 is 11.9 Å². The van der Waals surface area contributed by atoms with E-state index in [9.17, 15) is 9.59 Å². The Balaban J connectivity index is 4.14. The van der Waals surface area contributed by atoms with Crippen LogP contribution >= 0.6 is 0 Å². The minimum atomic E-state index is -1.17. The number of aliphatic carboxylic acids is 1. The quantitative estimate of drug-likeness (QED) is 0.375. The van der Waals surface area contributed by atoms with E-state index >= 15 is 0 Å². The van der Waals surface area contributed by atoms with Gasteiger partial charge in [-0.1, -0.05) is 0 Å². The number of carboxylic acid groups (broad SMARTS) is 1. The number of aliphatic hydroxyl groups excluding tert-OH is 1. The summed E-state index contributed by atoms with van der Waals surface area (Å²) in [4.78, 5) is 22.1. The highest BCUT2D eigenvalue weighted by Gasteiger charge is 2.27. The topological polar surface area (TPSA) is 83.8 Å². The van der Waals surface area contributed by atoms with Crippen molar-refractivity contribution in [2.45, 2.75) is 39.2 Å². The van der Waals surface area contributed by atoms with Crippen molar-refractivity contribution in [2.24, 2.45) is 5.92 Å². The SMILES string of the molecule is CC(C)OC(=O)C(CCCCO)C(=O)O. The molecule has 0 aliphatic rings. The van der Waals surface area contributed by atoms with Crippen molar-refractivity contribution in [1.82, 2.24) is 0 Å². The predicted molar refractivity (Wildman–Crippen MR) is 53.3 cm³/mol. The molecule has 15 heavy (non-hydrogen) atoms. The van der Waals surface area contributed by atoms with Crippen LogP contribution in [0.1, 0.15) is 33.1 Å². The number of esters is 1. The normalized spacial score (nSPS) is 12.5. The van der Waals surface area contributed by atoms with Gasteiger partial charge in [-0.25, -0.2) is 0 Å². The van der Waals surface area contributed by atoms with Gasteiger partial charge in [-0.2, -0.15) is 0 Å². The van der Waals surface area contributed by atoms with E-state index in [2.05, 4.69) is 0 Å². The molecule has 0 rings (SSSR count). The molecule has 0 saturated heterocycles. The van der Waals surface area contributed by atoms with Crippen LogP contribution < -0.4 is 0 Å². The maximum absolute atomic E-state index is 11.3. The van der Waals surface area contributed by atoms with Crippen molar-refractivity contribution in [3.8, 4) is 0 Å². The highest BCUT2D eigenvalue weighted by Crippen LogP contribution is 2.12. The highest BCUT2D eigenvalue weighted by molar-refractivity contribution is 5.93. The van der Waals surface area contributed by atoms with Gasteiger partial charge in [0.05, 0.1) is 6.10 Å². The molecule has 0 aliphatic carbocycles. The average molecular weight is 218 g/mol. The van der Waals surface area contributed by atoms with Crippen molar-refractivity contribution in [1.29, 1.82) is 0 Å². The molecule has 0 saturated carbocycles. The van der Waals surface area contributed by atoms with Crippen LogP contribution in [0.5, 0.6) is 0 Å². The van der Waals surface area contributed by atoms with Crippen LogP contribution in [0.25, 0.3) is 0 Å². The van der Waals surface area contributed by atoms with Gasteiger partial charge >= 0.3 is 11.9 Å². The fourth-order valence-corrected chi connectivity index (χ4v) is 1.12. The number of aliphatic hydroxyl groups is 1. The zero-order valence-electron chi connectivity index (χ0n) is 9.10. The standard InChI is InChI=1S/C10H18O5/c1-7(2)15-10(14)8(9(12)13)5-3-4-6-11/h7-8,11H,3-6H2,1-2H3,(H,12,13). The largest absolute Gasteiger partial charge is 0.481 e. The van der Waals surface area contributed by atoms with Gasteiger partial charge < -0.3 is 14.9 Å². The second-order valence-electron chi connectivity index (χ2n) is 3.60. The van der Waals surface area contributed by atoms with E-state index in [1.54, 1.807) is 13.8 Å². The van der Waals surface area contributed by atoms with Gasteiger partial charge in [0, 0.05) is 6.61 Å². The third-order valence-electron chi connectivity index (χ3n) is 1.84. The first-order chi connectivity index (χ1) is 6.99. The summed E-state index contributed by atoms with van der Waals surface area (Å²) in [6.07, 6.45) is 0.901. The van der Waals surface area contributed by atoms with E-state index in [4.69, 9.17) is 14.9 Å². The highest BCUT2D eigenvalue weighted by atomic mass is 16.5. The average Bonchev–Trinajstić information content (AvgIpc) is 2.10. The summed E-state index contributed by atoms with van der Waals surface area (Å²) in [5, 5.41) is 17.3. The molecule has 0 radical (unpaired) electrons. The minimum absolute atomic E-state index is 0.00552. The van der Waals surface area contributed by atoms with Crippen LogP contribution in [0.15, 0.2) is 0 Å². The molecular weight excluding hydrogens is 200 g/mol. The Labute approximate surface area is 89.0 Å². The third-order valence-corrected chi connectivity index (χ3v) is 1.84. The lowest BCUT2D eigenvalue weighted by Crippen LogP contribution is -2.28. The van der Waals surface area contributed by atoms with Crippen LogP contribution in [0.4, 0.5) is 0 Å². The zero-order valence-corrected chi connectivity index (χ0v) is 9.10. The molecular formula is C10H18O5. The first-order valence-electron chi connectivity index (χ1n) is 5.03. The molecule has 1 unspecified atom stereocenters. The van der Waals surface area contributed by atoms with Gasteiger partial charge in [-0.05, 0) is 33.1 Å². The van der Waals surface area contributed by atoms with Crippen LogP contribution in [-0.4, -0.2) is 34.9 Å². The Morgan fingerprint density at radius 1 is 1.27 bits per heavy atom. The molecule has 0 aliphatic heterocycles. The van der Waals surface area contributed by atoms with Crippen LogP contribution in [-0.2, 0) is 14.3 Å². The van der Waals surface area contributed by atoms with Crippen LogP contribution in [0.2, 0.25) is 0 Å². The number of carbonyl (C=O) groups excluding carboxylic acids is 1. The van der Waals surface area contributed by atoms with Gasteiger partial charge in [0.1, 0.15) is 0 Å². The number of carbonyl (C=O) groups is 2. The second-order valence-corrected chi connectivity index (χ2v) is 3.60. The van der Waals surface area contributed by atoms with E-state index in [1.807, 2.05) is 0 Å². The smallest absolute Gasteiger partial charge is 0.320 e. The molecule has 0 amide bonds. The van der Waals surface area contributed by atoms with E-state index in [1.165, 1.54) is 0 Å². The van der Waals surface area contributed by atoms with Crippen LogP contribution in [0.3, 0.4) is 0 Å². The summed E-state index contributed by atoms with van der Waals surface area (Å²) in [6.45, 7) is 3.35.